The lowest BCUT2D eigenvalue weighted by atomic mass is 10.1. The van der Waals surface area contributed by atoms with Gasteiger partial charge in [-0.1, -0.05) is 13.8 Å². The lowest BCUT2D eigenvalue weighted by molar-refractivity contribution is 0.0811. The zero-order valence-corrected chi connectivity index (χ0v) is 5.99. The van der Waals surface area contributed by atoms with Gasteiger partial charge >= 0.3 is 0 Å². The van der Waals surface area contributed by atoms with E-state index < -0.39 is 18.5 Å². The summed E-state index contributed by atoms with van der Waals surface area (Å²) in [5.74, 6) is 0. The number of halogens is 3. The van der Waals surface area contributed by atoms with Gasteiger partial charge < -0.3 is 0 Å². The van der Waals surface area contributed by atoms with Crippen LogP contribution in [0.4, 0.5) is 13.2 Å². The molecule has 0 saturated heterocycles. The third kappa shape index (κ3) is 2.58. The molecule has 0 rings (SSSR count). The summed E-state index contributed by atoms with van der Waals surface area (Å²) in [5.41, 5.74) is 0. The molecule has 3 heteroatoms. The molecule has 0 bridgehead atoms. The highest BCUT2D eigenvalue weighted by Crippen LogP contribution is 2.16. The minimum Gasteiger partial charge on any atom is -0.244 e. The minimum atomic E-state index is -2.00. The van der Waals surface area contributed by atoms with Crippen LogP contribution in [-0.4, -0.2) is 18.5 Å². The first-order valence-electron chi connectivity index (χ1n) is 3.34. The van der Waals surface area contributed by atoms with Gasteiger partial charge in [0.15, 0.2) is 6.17 Å². The van der Waals surface area contributed by atoms with E-state index in [1.165, 1.54) is 6.92 Å². The Morgan fingerprint density at radius 3 is 2.00 bits per heavy atom. The van der Waals surface area contributed by atoms with Crippen molar-refractivity contribution in [1.82, 2.24) is 0 Å². The van der Waals surface area contributed by atoms with Crippen molar-refractivity contribution >= 4 is 0 Å². The van der Waals surface area contributed by atoms with Gasteiger partial charge in [-0.05, 0) is 12.8 Å². The molecule has 1 radical (unpaired) electrons. The van der Waals surface area contributed by atoms with Gasteiger partial charge in [-0.25, -0.2) is 13.2 Å². The Hall–Kier alpha value is -0.210. The Kier molecular flexibility index (Phi) is 4.49. The molecule has 3 atom stereocenters. The third-order valence-corrected chi connectivity index (χ3v) is 1.36. The van der Waals surface area contributed by atoms with E-state index in [0.717, 1.165) is 0 Å². The molecule has 2 unspecified atom stereocenters. The number of alkyl halides is 3. The molecule has 0 aliphatic heterocycles. The Morgan fingerprint density at radius 1 is 1.20 bits per heavy atom. The van der Waals surface area contributed by atoms with Crippen LogP contribution in [0.3, 0.4) is 0 Å². The summed E-state index contributed by atoms with van der Waals surface area (Å²) >= 11 is 0. The summed E-state index contributed by atoms with van der Waals surface area (Å²) in [6.07, 6.45) is -5.63. The molecule has 0 aromatic carbocycles. The van der Waals surface area contributed by atoms with Crippen molar-refractivity contribution in [3.63, 3.8) is 0 Å². The van der Waals surface area contributed by atoms with Crippen molar-refractivity contribution in [3.8, 4) is 0 Å². The molecule has 0 aromatic heterocycles. The van der Waals surface area contributed by atoms with Gasteiger partial charge in [0.05, 0.1) is 0 Å². The number of rotatable bonds is 4. The summed E-state index contributed by atoms with van der Waals surface area (Å²) in [7, 11) is 0. The van der Waals surface area contributed by atoms with Crippen LogP contribution in [0.2, 0.25) is 0 Å². The van der Waals surface area contributed by atoms with E-state index in [0.29, 0.717) is 0 Å². The average molecular weight is 153 g/mol. The Balaban J connectivity index is 3.69. The van der Waals surface area contributed by atoms with Crippen LogP contribution in [-0.2, 0) is 0 Å². The predicted octanol–water partition coefficient (Wildman–Crippen LogP) is 2.63. The van der Waals surface area contributed by atoms with Gasteiger partial charge in [0.25, 0.3) is 0 Å². The molecule has 0 amide bonds. The lowest BCUT2D eigenvalue weighted by Gasteiger charge is -2.13. The van der Waals surface area contributed by atoms with Crippen LogP contribution in [0.15, 0.2) is 0 Å². The zero-order chi connectivity index (χ0) is 8.15. The molecule has 0 saturated carbocycles. The first-order chi connectivity index (χ1) is 4.63. The van der Waals surface area contributed by atoms with E-state index >= 15 is 0 Å². The van der Waals surface area contributed by atoms with E-state index in [1.54, 1.807) is 0 Å². The maximum atomic E-state index is 12.4. The van der Waals surface area contributed by atoms with Gasteiger partial charge in [-0.3, -0.25) is 0 Å². The van der Waals surface area contributed by atoms with Crippen LogP contribution in [0.1, 0.15) is 19.8 Å². The maximum absolute atomic E-state index is 12.4. The smallest absolute Gasteiger partial charge is 0.162 e. The van der Waals surface area contributed by atoms with Crippen LogP contribution in [0.5, 0.6) is 0 Å². The van der Waals surface area contributed by atoms with Crippen molar-refractivity contribution in [2.45, 2.75) is 38.3 Å². The van der Waals surface area contributed by atoms with Crippen molar-refractivity contribution < 1.29 is 13.2 Å². The molecule has 0 N–H and O–H groups in total. The van der Waals surface area contributed by atoms with E-state index in [9.17, 15) is 13.2 Å². The van der Waals surface area contributed by atoms with Crippen LogP contribution in [0.25, 0.3) is 0 Å². The number of hydrogen-bond acceptors (Lipinski definition) is 0. The zero-order valence-electron chi connectivity index (χ0n) is 5.99. The van der Waals surface area contributed by atoms with E-state index in [1.807, 2.05) is 0 Å². The largest absolute Gasteiger partial charge is 0.244 e. The van der Waals surface area contributed by atoms with Crippen molar-refractivity contribution in [3.05, 3.63) is 6.92 Å². The fourth-order valence-corrected chi connectivity index (χ4v) is 0.611. The summed E-state index contributed by atoms with van der Waals surface area (Å²) in [5, 5.41) is 0. The summed E-state index contributed by atoms with van der Waals surface area (Å²) < 4.78 is 37.0. The SMILES string of the molecule is [CH2]CC(F)[C@H](F)C(F)CC. The minimum absolute atomic E-state index is 0.0155. The Labute approximate surface area is 59.4 Å². The van der Waals surface area contributed by atoms with Crippen molar-refractivity contribution in [2.24, 2.45) is 0 Å². The highest BCUT2D eigenvalue weighted by Gasteiger charge is 2.26. The standard InChI is InChI=1S/C7H12F3/c1-3-5(8)7(10)6(9)4-2/h5-7H,1,3-4H2,2H3/t5?,6?,7-/m0/s1. The molecule has 0 aliphatic rings. The van der Waals surface area contributed by atoms with E-state index in [-0.39, 0.29) is 12.8 Å². The molecule has 0 spiro atoms. The number of hydrogen-bond donors (Lipinski definition) is 0. The molecule has 0 fully saturated rings. The van der Waals surface area contributed by atoms with Gasteiger partial charge in [0, 0.05) is 0 Å². The van der Waals surface area contributed by atoms with Crippen LogP contribution >= 0.6 is 0 Å². The Morgan fingerprint density at radius 2 is 1.70 bits per heavy atom. The van der Waals surface area contributed by atoms with Gasteiger partial charge in [0.1, 0.15) is 12.3 Å². The van der Waals surface area contributed by atoms with Crippen molar-refractivity contribution in [2.75, 3.05) is 0 Å². The molecule has 0 aliphatic carbocycles. The van der Waals surface area contributed by atoms with Gasteiger partial charge in [0.2, 0.25) is 0 Å². The molecule has 10 heavy (non-hydrogen) atoms. The maximum Gasteiger partial charge on any atom is 0.162 e. The summed E-state index contributed by atoms with van der Waals surface area (Å²) in [6, 6.07) is 0. The average Bonchev–Trinajstić information content (AvgIpc) is 2.00. The summed E-state index contributed by atoms with van der Waals surface area (Å²) in [4.78, 5) is 0. The molecular weight excluding hydrogens is 141 g/mol. The van der Waals surface area contributed by atoms with Crippen molar-refractivity contribution in [1.29, 1.82) is 0 Å². The first-order valence-corrected chi connectivity index (χ1v) is 3.34. The van der Waals surface area contributed by atoms with E-state index in [2.05, 4.69) is 6.92 Å². The molecule has 0 aromatic rings. The third-order valence-electron chi connectivity index (χ3n) is 1.36. The molecule has 0 nitrogen and oxygen atoms in total. The molecule has 61 valence electrons. The fraction of sp³-hybridized carbons (Fsp3) is 0.857. The molecular formula is C7H12F3. The summed E-state index contributed by atoms with van der Waals surface area (Å²) in [6.45, 7) is 4.62. The second-order valence-corrected chi connectivity index (χ2v) is 2.17. The van der Waals surface area contributed by atoms with Gasteiger partial charge in [-0.15, -0.1) is 0 Å². The van der Waals surface area contributed by atoms with Crippen LogP contribution in [0, 0.1) is 6.92 Å². The highest BCUT2D eigenvalue weighted by molar-refractivity contribution is 4.75. The predicted molar refractivity (Wildman–Crippen MR) is 35.0 cm³/mol. The highest BCUT2D eigenvalue weighted by atomic mass is 19.2. The van der Waals surface area contributed by atoms with Crippen LogP contribution < -0.4 is 0 Å². The first kappa shape index (κ1) is 9.79. The van der Waals surface area contributed by atoms with E-state index in [4.69, 9.17) is 0 Å². The molecule has 0 heterocycles. The Bertz CT molecular complexity index is 74.9. The normalized spacial score (nSPS) is 20.1. The second-order valence-electron chi connectivity index (χ2n) is 2.17. The monoisotopic (exact) mass is 153 g/mol. The fourth-order valence-electron chi connectivity index (χ4n) is 0.611. The second kappa shape index (κ2) is 4.58. The quantitative estimate of drug-likeness (QED) is 0.582. The lowest BCUT2D eigenvalue weighted by Crippen LogP contribution is -2.26. The topological polar surface area (TPSA) is 0 Å². The van der Waals surface area contributed by atoms with Gasteiger partial charge in [-0.2, -0.15) is 0 Å².